The van der Waals surface area contributed by atoms with Crippen molar-refractivity contribution < 1.29 is 4.74 Å². The lowest BCUT2D eigenvalue weighted by Crippen LogP contribution is -2.54. The number of piperazine rings is 1. The lowest BCUT2D eigenvalue weighted by atomic mass is 9.96. The second kappa shape index (κ2) is 8.52. The second-order valence-electron chi connectivity index (χ2n) is 6.29. The minimum atomic E-state index is 0.464. The van der Waals surface area contributed by atoms with Crippen molar-refractivity contribution in [1.82, 2.24) is 10.2 Å². The van der Waals surface area contributed by atoms with Crippen molar-refractivity contribution in [3.8, 4) is 0 Å². The summed E-state index contributed by atoms with van der Waals surface area (Å²) in [7, 11) is 0. The Morgan fingerprint density at radius 3 is 2.67 bits per heavy atom. The molecule has 1 heterocycles. The van der Waals surface area contributed by atoms with Crippen molar-refractivity contribution in [2.24, 2.45) is 5.92 Å². The Labute approximate surface area is 129 Å². The van der Waals surface area contributed by atoms with Crippen LogP contribution in [0.4, 0.5) is 0 Å². The van der Waals surface area contributed by atoms with Crippen LogP contribution in [-0.4, -0.2) is 43.8 Å². The van der Waals surface area contributed by atoms with Crippen molar-refractivity contribution >= 4 is 0 Å². The Morgan fingerprint density at radius 1 is 1.24 bits per heavy atom. The minimum absolute atomic E-state index is 0.464. The summed E-state index contributed by atoms with van der Waals surface area (Å²) in [5.41, 5.74) is 1.41. The van der Waals surface area contributed by atoms with Gasteiger partial charge < -0.3 is 10.1 Å². The highest BCUT2D eigenvalue weighted by molar-refractivity contribution is 5.20. The molecule has 3 nitrogen and oxygen atoms in total. The number of rotatable bonds is 7. The van der Waals surface area contributed by atoms with E-state index >= 15 is 0 Å². The monoisotopic (exact) mass is 290 g/mol. The van der Waals surface area contributed by atoms with Crippen molar-refractivity contribution in [2.75, 3.05) is 32.8 Å². The lowest BCUT2D eigenvalue weighted by molar-refractivity contribution is 0.0586. The average molecular weight is 290 g/mol. The van der Waals surface area contributed by atoms with Crippen LogP contribution < -0.4 is 5.32 Å². The van der Waals surface area contributed by atoms with Crippen LogP contribution in [0.2, 0.25) is 0 Å². The van der Waals surface area contributed by atoms with Crippen LogP contribution in [0.15, 0.2) is 30.3 Å². The van der Waals surface area contributed by atoms with Gasteiger partial charge in [-0.25, -0.2) is 0 Å². The van der Waals surface area contributed by atoms with Gasteiger partial charge in [-0.1, -0.05) is 51.1 Å². The van der Waals surface area contributed by atoms with E-state index < -0.39 is 0 Å². The largest absolute Gasteiger partial charge is 0.380 e. The van der Waals surface area contributed by atoms with E-state index in [2.05, 4.69) is 61.3 Å². The summed E-state index contributed by atoms with van der Waals surface area (Å²) in [6.45, 7) is 11.6. The van der Waals surface area contributed by atoms with Crippen LogP contribution in [0.25, 0.3) is 0 Å². The van der Waals surface area contributed by atoms with Gasteiger partial charge in [-0.15, -0.1) is 0 Å². The fraction of sp³-hybridized carbons (Fsp3) is 0.667. The van der Waals surface area contributed by atoms with E-state index in [0.29, 0.717) is 18.0 Å². The molecule has 0 spiro atoms. The summed E-state index contributed by atoms with van der Waals surface area (Å²) >= 11 is 0. The normalized spacial score (nSPS) is 23.6. The van der Waals surface area contributed by atoms with Gasteiger partial charge in [0, 0.05) is 38.3 Å². The molecule has 1 N–H and O–H groups in total. The average Bonchev–Trinajstić information content (AvgIpc) is 2.52. The molecule has 2 rings (SSSR count). The molecule has 0 saturated carbocycles. The van der Waals surface area contributed by atoms with Gasteiger partial charge in [0.1, 0.15) is 0 Å². The first kappa shape index (κ1) is 16.5. The van der Waals surface area contributed by atoms with E-state index in [1.54, 1.807) is 0 Å². The minimum Gasteiger partial charge on any atom is -0.380 e. The Balaban J connectivity index is 1.99. The number of nitrogens with zero attached hydrogens (tertiary/aromatic N) is 1. The van der Waals surface area contributed by atoms with Crippen LogP contribution >= 0.6 is 0 Å². The molecule has 1 aromatic rings. The Kier molecular flexibility index (Phi) is 6.68. The van der Waals surface area contributed by atoms with Gasteiger partial charge in [-0.3, -0.25) is 4.90 Å². The molecule has 2 unspecified atom stereocenters. The fourth-order valence-corrected chi connectivity index (χ4v) is 2.96. The van der Waals surface area contributed by atoms with Crippen molar-refractivity contribution in [1.29, 1.82) is 0 Å². The van der Waals surface area contributed by atoms with E-state index in [0.717, 1.165) is 39.3 Å². The molecule has 0 aliphatic carbocycles. The topological polar surface area (TPSA) is 24.5 Å². The predicted molar refractivity (Wildman–Crippen MR) is 88.5 cm³/mol. The molecule has 0 aromatic heterocycles. The first-order chi connectivity index (χ1) is 10.2. The van der Waals surface area contributed by atoms with Gasteiger partial charge in [-0.2, -0.15) is 0 Å². The summed E-state index contributed by atoms with van der Waals surface area (Å²) < 4.78 is 5.70. The molecule has 0 radical (unpaired) electrons. The van der Waals surface area contributed by atoms with Crippen LogP contribution in [0.1, 0.15) is 38.8 Å². The third-order valence-electron chi connectivity index (χ3n) is 4.31. The lowest BCUT2D eigenvalue weighted by Gasteiger charge is -2.42. The first-order valence-electron chi connectivity index (χ1n) is 8.32. The highest BCUT2D eigenvalue weighted by atomic mass is 16.5. The van der Waals surface area contributed by atoms with E-state index in [1.165, 1.54) is 5.56 Å². The summed E-state index contributed by atoms with van der Waals surface area (Å²) in [5.74, 6) is 0.667. The highest BCUT2D eigenvalue weighted by Gasteiger charge is 2.29. The zero-order valence-corrected chi connectivity index (χ0v) is 13.7. The van der Waals surface area contributed by atoms with E-state index in [9.17, 15) is 0 Å². The first-order valence-corrected chi connectivity index (χ1v) is 8.32. The molecular weight excluding hydrogens is 260 g/mol. The van der Waals surface area contributed by atoms with Crippen molar-refractivity contribution in [2.45, 2.75) is 39.3 Å². The number of hydrogen-bond donors (Lipinski definition) is 1. The van der Waals surface area contributed by atoms with Gasteiger partial charge in [0.05, 0.1) is 6.61 Å². The van der Waals surface area contributed by atoms with E-state index in [1.807, 2.05) is 0 Å². The van der Waals surface area contributed by atoms with Crippen LogP contribution in [0.3, 0.4) is 0 Å². The molecule has 1 fully saturated rings. The standard InChI is InChI=1S/C18H30N2O/c1-4-11-21-12-10-20-14-17(15(2)3)19-13-18(20)16-8-6-5-7-9-16/h5-9,15,17-19H,4,10-14H2,1-3H3. The Bertz CT molecular complexity index is 393. The summed E-state index contributed by atoms with van der Waals surface area (Å²) in [4.78, 5) is 2.59. The third-order valence-corrected chi connectivity index (χ3v) is 4.31. The SMILES string of the molecule is CCCOCCN1CC(C(C)C)NCC1c1ccccc1. The fourth-order valence-electron chi connectivity index (χ4n) is 2.96. The molecule has 1 aliphatic rings. The quantitative estimate of drug-likeness (QED) is 0.781. The van der Waals surface area contributed by atoms with Gasteiger partial charge in [0.25, 0.3) is 0 Å². The molecular formula is C18H30N2O. The Morgan fingerprint density at radius 2 is 2.00 bits per heavy atom. The zero-order chi connectivity index (χ0) is 15.1. The molecule has 118 valence electrons. The van der Waals surface area contributed by atoms with E-state index in [4.69, 9.17) is 4.74 Å². The molecule has 2 atom stereocenters. The van der Waals surface area contributed by atoms with Gasteiger partial charge in [0.2, 0.25) is 0 Å². The maximum absolute atomic E-state index is 5.70. The van der Waals surface area contributed by atoms with Gasteiger partial charge >= 0.3 is 0 Å². The molecule has 1 aliphatic heterocycles. The van der Waals surface area contributed by atoms with Crippen LogP contribution in [-0.2, 0) is 4.74 Å². The highest BCUT2D eigenvalue weighted by Crippen LogP contribution is 2.24. The molecule has 1 aromatic carbocycles. The second-order valence-corrected chi connectivity index (χ2v) is 6.29. The Hall–Kier alpha value is -0.900. The molecule has 3 heteroatoms. The van der Waals surface area contributed by atoms with Crippen LogP contribution in [0.5, 0.6) is 0 Å². The maximum Gasteiger partial charge on any atom is 0.0593 e. The molecule has 21 heavy (non-hydrogen) atoms. The molecule has 1 saturated heterocycles. The zero-order valence-electron chi connectivity index (χ0n) is 13.7. The van der Waals surface area contributed by atoms with Gasteiger partial charge in [0.15, 0.2) is 0 Å². The molecule has 0 bridgehead atoms. The third kappa shape index (κ3) is 4.80. The predicted octanol–water partition coefficient (Wildman–Crippen LogP) is 3.08. The van der Waals surface area contributed by atoms with Crippen molar-refractivity contribution in [3.63, 3.8) is 0 Å². The van der Waals surface area contributed by atoms with Crippen molar-refractivity contribution in [3.05, 3.63) is 35.9 Å². The number of nitrogens with one attached hydrogen (secondary N) is 1. The van der Waals surface area contributed by atoms with E-state index in [-0.39, 0.29) is 0 Å². The molecule has 0 amide bonds. The number of hydrogen-bond acceptors (Lipinski definition) is 3. The van der Waals surface area contributed by atoms with Gasteiger partial charge in [-0.05, 0) is 17.9 Å². The summed E-state index contributed by atoms with van der Waals surface area (Å²) in [6.07, 6.45) is 1.10. The summed E-state index contributed by atoms with van der Waals surface area (Å²) in [5, 5.41) is 3.72. The summed E-state index contributed by atoms with van der Waals surface area (Å²) in [6, 6.07) is 11.9. The number of benzene rings is 1. The smallest absolute Gasteiger partial charge is 0.0593 e. The maximum atomic E-state index is 5.70. The van der Waals surface area contributed by atoms with Crippen LogP contribution in [0, 0.1) is 5.92 Å². The number of ether oxygens (including phenoxy) is 1.